The van der Waals surface area contributed by atoms with Gasteiger partial charge in [-0.15, -0.1) is 0 Å². The van der Waals surface area contributed by atoms with E-state index in [0.29, 0.717) is 5.75 Å². The lowest BCUT2D eigenvalue weighted by Crippen LogP contribution is -2.06. The second-order valence-corrected chi connectivity index (χ2v) is 6.08. The normalized spacial score (nSPS) is 17.2. The highest BCUT2D eigenvalue weighted by Gasteiger charge is 2.13. The van der Waals surface area contributed by atoms with Gasteiger partial charge in [0.1, 0.15) is 5.75 Å². The first-order valence-electron chi connectivity index (χ1n) is 6.73. The number of halogens is 1. The van der Waals surface area contributed by atoms with Crippen molar-refractivity contribution in [1.29, 1.82) is 0 Å². The summed E-state index contributed by atoms with van der Waals surface area (Å²) in [5, 5.41) is 9.75. The van der Waals surface area contributed by atoms with E-state index >= 15 is 0 Å². The molecule has 1 aromatic rings. The van der Waals surface area contributed by atoms with Crippen LogP contribution in [-0.4, -0.2) is 5.11 Å². The number of aromatic hydroxyl groups is 1. The quantitative estimate of drug-likeness (QED) is 0.823. The monoisotopic (exact) mass is 296 g/mol. The Kier molecular flexibility index (Phi) is 4.90. The van der Waals surface area contributed by atoms with Gasteiger partial charge >= 0.3 is 0 Å². The number of phenolic OH excluding ortho intramolecular Hbond substituents is 1. The smallest absolute Gasteiger partial charge is 0.118 e. The van der Waals surface area contributed by atoms with E-state index in [2.05, 4.69) is 15.9 Å². The van der Waals surface area contributed by atoms with Crippen LogP contribution < -0.4 is 0 Å². The summed E-state index contributed by atoms with van der Waals surface area (Å²) in [4.78, 5) is 0. The van der Waals surface area contributed by atoms with Crippen LogP contribution in [0.2, 0.25) is 0 Å². The topological polar surface area (TPSA) is 20.2 Å². The van der Waals surface area contributed by atoms with Gasteiger partial charge in [0.15, 0.2) is 0 Å². The predicted molar refractivity (Wildman–Crippen MR) is 75.3 cm³/mol. The van der Waals surface area contributed by atoms with Crippen molar-refractivity contribution in [2.24, 2.45) is 5.92 Å². The molecule has 1 aliphatic rings. The average Bonchev–Trinajstić information content (AvgIpc) is 2.35. The van der Waals surface area contributed by atoms with Crippen molar-refractivity contribution in [2.45, 2.75) is 51.4 Å². The predicted octanol–water partition coefficient (Wildman–Crippen LogP) is 5.06. The standard InChI is InChI=1S/C15H21BrO/c16-14-9-10-15(17)13(11-14)8-4-7-12-5-2-1-3-6-12/h9-12,17H,1-8H2. The van der Waals surface area contributed by atoms with E-state index in [0.717, 1.165) is 22.4 Å². The Morgan fingerprint density at radius 3 is 2.71 bits per heavy atom. The van der Waals surface area contributed by atoms with E-state index in [-0.39, 0.29) is 0 Å². The molecule has 1 fully saturated rings. The van der Waals surface area contributed by atoms with E-state index in [9.17, 15) is 5.11 Å². The molecule has 2 heteroatoms. The molecular formula is C15H21BrO. The Morgan fingerprint density at radius 1 is 1.18 bits per heavy atom. The van der Waals surface area contributed by atoms with E-state index in [1.807, 2.05) is 12.1 Å². The fourth-order valence-corrected chi connectivity index (χ4v) is 3.22. The zero-order valence-electron chi connectivity index (χ0n) is 10.3. The first kappa shape index (κ1) is 12.9. The molecule has 1 aliphatic carbocycles. The van der Waals surface area contributed by atoms with Crippen molar-refractivity contribution in [3.05, 3.63) is 28.2 Å². The summed E-state index contributed by atoms with van der Waals surface area (Å²) >= 11 is 3.45. The number of phenols is 1. The minimum Gasteiger partial charge on any atom is -0.508 e. The van der Waals surface area contributed by atoms with Crippen LogP contribution >= 0.6 is 15.9 Å². The van der Waals surface area contributed by atoms with Gasteiger partial charge in [-0.2, -0.15) is 0 Å². The van der Waals surface area contributed by atoms with E-state index in [1.54, 1.807) is 6.07 Å². The zero-order chi connectivity index (χ0) is 12.1. The van der Waals surface area contributed by atoms with Crippen molar-refractivity contribution < 1.29 is 5.11 Å². The summed E-state index contributed by atoms with van der Waals surface area (Å²) in [6.07, 6.45) is 10.7. The molecule has 1 aromatic carbocycles. The highest BCUT2D eigenvalue weighted by atomic mass is 79.9. The zero-order valence-corrected chi connectivity index (χ0v) is 11.9. The number of rotatable bonds is 4. The Bertz CT molecular complexity index is 356. The molecule has 0 amide bonds. The van der Waals surface area contributed by atoms with Gasteiger partial charge in [-0.1, -0.05) is 54.5 Å². The minimum absolute atomic E-state index is 0.442. The molecule has 1 nitrogen and oxygen atoms in total. The summed E-state index contributed by atoms with van der Waals surface area (Å²) in [6.45, 7) is 0. The van der Waals surface area contributed by atoms with Crippen molar-refractivity contribution >= 4 is 15.9 Å². The van der Waals surface area contributed by atoms with Gasteiger partial charge in [-0.3, -0.25) is 0 Å². The third-order valence-corrected chi connectivity index (χ3v) is 4.32. The molecule has 0 aliphatic heterocycles. The molecule has 0 spiro atoms. The van der Waals surface area contributed by atoms with Gasteiger partial charge < -0.3 is 5.11 Å². The van der Waals surface area contributed by atoms with Crippen LogP contribution in [0.3, 0.4) is 0 Å². The van der Waals surface area contributed by atoms with Gasteiger partial charge in [0, 0.05) is 4.47 Å². The van der Waals surface area contributed by atoms with Crippen LogP contribution in [0.15, 0.2) is 22.7 Å². The molecule has 1 saturated carbocycles. The van der Waals surface area contributed by atoms with Crippen LogP contribution in [0.4, 0.5) is 0 Å². The van der Waals surface area contributed by atoms with Gasteiger partial charge in [0.05, 0.1) is 0 Å². The number of benzene rings is 1. The number of aryl methyl sites for hydroxylation is 1. The van der Waals surface area contributed by atoms with Crippen LogP contribution in [0.5, 0.6) is 5.75 Å². The lowest BCUT2D eigenvalue weighted by Gasteiger charge is -2.21. The summed E-state index contributed by atoms with van der Waals surface area (Å²) in [5.41, 5.74) is 1.08. The Morgan fingerprint density at radius 2 is 1.94 bits per heavy atom. The van der Waals surface area contributed by atoms with Gasteiger partial charge in [-0.25, -0.2) is 0 Å². The van der Waals surface area contributed by atoms with Crippen molar-refractivity contribution in [3.8, 4) is 5.75 Å². The first-order chi connectivity index (χ1) is 8.25. The van der Waals surface area contributed by atoms with Crippen LogP contribution in [-0.2, 0) is 6.42 Å². The molecule has 17 heavy (non-hydrogen) atoms. The van der Waals surface area contributed by atoms with E-state index in [4.69, 9.17) is 0 Å². The Hall–Kier alpha value is -0.500. The molecule has 1 N–H and O–H groups in total. The lowest BCUT2D eigenvalue weighted by atomic mass is 9.85. The largest absolute Gasteiger partial charge is 0.508 e. The highest BCUT2D eigenvalue weighted by Crippen LogP contribution is 2.29. The first-order valence-corrected chi connectivity index (χ1v) is 7.52. The van der Waals surface area contributed by atoms with Crippen LogP contribution in [0.25, 0.3) is 0 Å². The third-order valence-electron chi connectivity index (χ3n) is 3.82. The molecule has 0 heterocycles. The molecular weight excluding hydrogens is 276 g/mol. The van der Waals surface area contributed by atoms with Crippen LogP contribution in [0.1, 0.15) is 50.5 Å². The van der Waals surface area contributed by atoms with Crippen molar-refractivity contribution in [2.75, 3.05) is 0 Å². The van der Waals surface area contributed by atoms with Crippen LogP contribution in [0, 0.1) is 5.92 Å². The van der Waals surface area contributed by atoms with Crippen molar-refractivity contribution in [3.63, 3.8) is 0 Å². The number of hydrogen-bond donors (Lipinski definition) is 1. The molecule has 0 unspecified atom stereocenters. The second-order valence-electron chi connectivity index (χ2n) is 5.17. The molecule has 94 valence electrons. The minimum atomic E-state index is 0.442. The third kappa shape index (κ3) is 4.02. The summed E-state index contributed by atoms with van der Waals surface area (Å²) in [6, 6.07) is 5.70. The second kappa shape index (κ2) is 6.44. The summed E-state index contributed by atoms with van der Waals surface area (Å²) in [5.74, 6) is 1.38. The highest BCUT2D eigenvalue weighted by molar-refractivity contribution is 9.10. The van der Waals surface area contributed by atoms with Gasteiger partial charge in [0.25, 0.3) is 0 Å². The van der Waals surface area contributed by atoms with Gasteiger partial charge in [-0.05, 0) is 42.5 Å². The summed E-state index contributed by atoms with van der Waals surface area (Å²) in [7, 11) is 0. The molecule has 0 aromatic heterocycles. The molecule has 2 rings (SSSR count). The maximum Gasteiger partial charge on any atom is 0.118 e. The maximum absolute atomic E-state index is 9.75. The lowest BCUT2D eigenvalue weighted by molar-refractivity contribution is 0.332. The maximum atomic E-state index is 9.75. The molecule has 0 radical (unpaired) electrons. The van der Waals surface area contributed by atoms with E-state index in [1.165, 1.54) is 44.9 Å². The van der Waals surface area contributed by atoms with Crippen molar-refractivity contribution in [1.82, 2.24) is 0 Å². The average molecular weight is 297 g/mol. The summed E-state index contributed by atoms with van der Waals surface area (Å²) < 4.78 is 1.06. The van der Waals surface area contributed by atoms with E-state index < -0.39 is 0 Å². The Balaban J connectivity index is 1.79. The van der Waals surface area contributed by atoms with Gasteiger partial charge in [0.2, 0.25) is 0 Å². The molecule has 0 atom stereocenters. The number of hydrogen-bond acceptors (Lipinski definition) is 1. The fraction of sp³-hybridized carbons (Fsp3) is 0.600. The molecule has 0 saturated heterocycles. The Labute approximate surface area is 112 Å². The fourth-order valence-electron chi connectivity index (χ4n) is 2.81. The molecule has 0 bridgehead atoms. The SMILES string of the molecule is Oc1ccc(Br)cc1CCCC1CCCCC1.